The maximum atomic E-state index is 12.5. The molecule has 1 atom stereocenters. The lowest BCUT2D eigenvalue weighted by atomic mass is 9.87. The second-order valence-corrected chi connectivity index (χ2v) is 8.80. The third-order valence-electron chi connectivity index (χ3n) is 4.71. The summed E-state index contributed by atoms with van der Waals surface area (Å²) in [4.78, 5) is 15.3. The molecule has 0 spiro atoms. The van der Waals surface area contributed by atoms with Crippen LogP contribution in [0, 0.1) is 0 Å². The number of aromatic amines is 1. The molecule has 1 aromatic heterocycles. The Balaban J connectivity index is 1.56. The zero-order chi connectivity index (χ0) is 20.8. The number of aromatic nitrogens is 1. The van der Waals surface area contributed by atoms with E-state index in [0.717, 1.165) is 10.0 Å². The quantitative estimate of drug-likeness (QED) is 0.504. The molecular formula is C21H20BrN3O4. The number of rotatable bonds is 2. The fraction of sp³-hybridized carbons (Fsp3) is 0.286. The Hall–Kier alpha value is -2.87. The zero-order valence-corrected chi connectivity index (χ0v) is 17.8. The second-order valence-electron chi connectivity index (χ2n) is 7.88. The van der Waals surface area contributed by atoms with Crippen LogP contribution in [0.5, 0.6) is 17.4 Å². The van der Waals surface area contributed by atoms with Gasteiger partial charge in [-0.05, 0) is 41.3 Å². The molecule has 2 heterocycles. The van der Waals surface area contributed by atoms with E-state index in [9.17, 15) is 9.90 Å². The van der Waals surface area contributed by atoms with Crippen molar-refractivity contribution in [2.75, 3.05) is 6.61 Å². The molecule has 150 valence electrons. The fourth-order valence-electron chi connectivity index (χ4n) is 3.06. The molecule has 1 aliphatic heterocycles. The van der Waals surface area contributed by atoms with Gasteiger partial charge in [-0.25, -0.2) is 0 Å². The summed E-state index contributed by atoms with van der Waals surface area (Å²) in [6.07, 6.45) is -0.902. The number of nitrogens with one attached hydrogen (secondary N) is 1. The van der Waals surface area contributed by atoms with E-state index in [4.69, 9.17) is 9.47 Å². The van der Waals surface area contributed by atoms with Gasteiger partial charge in [-0.15, -0.1) is 10.2 Å². The summed E-state index contributed by atoms with van der Waals surface area (Å²) in [5, 5.41) is 18.5. The van der Waals surface area contributed by atoms with E-state index in [1.807, 2.05) is 24.3 Å². The van der Waals surface area contributed by atoms with Gasteiger partial charge in [-0.2, -0.15) is 0 Å². The Morgan fingerprint density at radius 2 is 2.00 bits per heavy atom. The molecule has 0 fully saturated rings. The summed E-state index contributed by atoms with van der Waals surface area (Å²) >= 11 is 3.38. The second kappa shape index (κ2) is 7.18. The van der Waals surface area contributed by atoms with Crippen molar-refractivity contribution in [2.45, 2.75) is 32.3 Å². The molecule has 0 aliphatic carbocycles. The molecule has 7 nitrogen and oxygen atoms in total. The van der Waals surface area contributed by atoms with Crippen molar-refractivity contribution in [1.82, 2.24) is 4.98 Å². The Kier molecular flexibility index (Phi) is 4.82. The van der Waals surface area contributed by atoms with Gasteiger partial charge in [0.25, 0.3) is 0 Å². The smallest absolute Gasteiger partial charge is 0.308 e. The predicted octanol–water partition coefficient (Wildman–Crippen LogP) is 5.38. The predicted molar refractivity (Wildman–Crippen MR) is 112 cm³/mol. The topological polar surface area (TPSA) is 96.3 Å². The van der Waals surface area contributed by atoms with Gasteiger partial charge in [0, 0.05) is 9.86 Å². The minimum atomic E-state index is -0.902. The summed E-state index contributed by atoms with van der Waals surface area (Å²) < 4.78 is 12.3. The summed E-state index contributed by atoms with van der Waals surface area (Å²) in [6.45, 7) is 6.34. The Labute approximate surface area is 175 Å². The number of ether oxygens (including phenoxy) is 2. The number of carbonyl (C=O) groups excluding carboxylic acids is 1. The summed E-state index contributed by atoms with van der Waals surface area (Å²) in [5.74, 6) is 0.366. The lowest BCUT2D eigenvalue weighted by Gasteiger charge is -2.27. The fourth-order valence-corrected chi connectivity index (χ4v) is 3.42. The molecule has 2 N–H and O–H groups in total. The number of benzene rings is 2. The highest BCUT2D eigenvalue weighted by Crippen LogP contribution is 2.38. The van der Waals surface area contributed by atoms with Crippen LogP contribution in [0.3, 0.4) is 0 Å². The average molecular weight is 458 g/mol. The number of H-pyrrole nitrogens is 1. The van der Waals surface area contributed by atoms with E-state index in [1.54, 1.807) is 12.1 Å². The molecular weight excluding hydrogens is 438 g/mol. The molecule has 4 rings (SSSR count). The maximum absolute atomic E-state index is 12.5. The number of aromatic hydroxyl groups is 1. The average Bonchev–Trinajstić information content (AvgIpc) is 2.98. The van der Waals surface area contributed by atoms with Gasteiger partial charge in [0.15, 0.2) is 17.2 Å². The van der Waals surface area contributed by atoms with Crippen molar-refractivity contribution in [1.29, 1.82) is 0 Å². The highest BCUT2D eigenvalue weighted by molar-refractivity contribution is 9.10. The number of halogens is 1. The monoisotopic (exact) mass is 457 g/mol. The van der Waals surface area contributed by atoms with E-state index in [-0.39, 0.29) is 23.6 Å². The number of nitrogens with zero attached hydrogens (tertiary/aromatic N) is 2. The Morgan fingerprint density at radius 1 is 1.21 bits per heavy atom. The number of fused-ring (bicyclic) bond motifs is 2. The van der Waals surface area contributed by atoms with Crippen LogP contribution in [0.4, 0.5) is 5.69 Å². The first-order valence-electron chi connectivity index (χ1n) is 9.12. The molecule has 1 amide bonds. The van der Waals surface area contributed by atoms with Crippen molar-refractivity contribution >= 4 is 38.4 Å². The third-order valence-corrected chi connectivity index (χ3v) is 5.20. The number of amides is 1. The van der Waals surface area contributed by atoms with Gasteiger partial charge in [0.1, 0.15) is 6.61 Å². The van der Waals surface area contributed by atoms with Crippen molar-refractivity contribution in [3.8, 4) is 17.4 Å². The number of carbonyl (C=O) groups is 1. The van der Waals surface area contributed by atoms with Gasteiger partial charge in [0.2, 0.25) is 12.0 Å². The van der Waals surface area contributed by atoms with Crippen LogP contribution in [0.1, 0.15) is 26.3 Å². The molecule has 1 aliphatic rings. The first-order valence-corrected chi connectivity index (χ1v) is 9.91. The van der Waals surface area contributed by atoms with Crippen molar-refractivity contribution in [3.63, 3.8) is 0 Å². The third kappa shape index (κ3) is 3.85. The van der Waals surface area contributed by atoms with E-state index in [1.165, 1.54) is 0 Å². The minimum Gasteiger partial charge on any atom is -0.493 e. The molecule has 0 radical (unpaired) electrons. The van der Waals surface area contributed by atoms with Crippen LogP contribution in [-0.2, 0) is 10.2 Å². The normalized spacial score (nSPS) is 16.5. The summed E-state index contributed by atoms with van der Waals surface area (Å²) in [7, 11) is 0. The first-order chi connectivity index (χ1) is 13.7. The number of azo groups is 1. The van der Waals surface area contributed by atoms with E-state index >= 15 is 0 Å². The minimum absolute atomic E-state index is 0.0468. The molecule has 0 unspecified atom stereocenters. The van der Waals surface area contributed by atoms with Crippen molar-refractivity contribution < 1.29 is 19.4 Å². The standard InChI is InChI=1S/C21H20BrN3O4/c1-21(2,3)11-4-7-15-16(8-11)29-17(10-28-15)19(26)25-24-18-13-9-12(22)5-6-14(13)23-20(18)27/h4-9,17,23,27H,10H2,1-3H3/t17-/m0/s1. The maximum Gasteiger partial charge on any atom is 0.308 e. The zero-order valence-electron chi connectivity index (χ0n) is 16.2. The Bertz CT molecular complexity index is 1130. The lowest BCUT2D eigenvalue weighted by Crippen LogP contribution is -2.35. The summed E-state index contributed by atoms with van der Waals surface area (Å²) in [6, 6.07) is 11.1. The van der Waals surface area contributed by atoms with Gasteiger partial charge >= 0.3 is 5.91 Å². The van der Waals surface area contributed by atoms with E-state index in [2.05, 4.69) is 51.9 Å². The molecule has 0 bridgehead atoms. The van der Waals surface area contributed by atoms with Crippen LogP contribution >= 0.6 is 15.9 Å². The number of hydrogen-bond donors (Lipinski definition) is 2. The van der Waals surface area contributed by atoms with E-state index in [0.29, 0.717) is 22.4 Å². The largest absolute Gasteiger partial charge is 0.493 e. The molecule has 8 heteroatoms. The van der Waals surface area contributed by atoms with Crippen molar-refractivity contribution in [3.05, 3.63) is 46.4 Å². The van der Waals surface area contributed by atoms with Crippen LogP contribution < -0.4 is 9.47 Å². The molecule has 0 saturated carbocycles. The molecule has 0 saturated heterocycles. The molecule has 3 aromatic rings. The molecule has 29 heavy (non-hydrogen) atoms. The summed E-state index contributed by atoms with van der Waals surface area (Å²) in [5.41, 5.74) is 1.90. The van der Waals surface area contributed by atoms with Crippen LogP contribution in [0.15, 0.2) is 51.1 Å². The van der Waals surface area contributed by atoms with Crippen LogP contribution in [-0.4, -0.2) is 28.7 Å². The van der Waals surface area contributed by atoms with Crippen LogP contribution in [0.2, 0.25) is 0 Å². The lowest BCUT2D eigenvalue weighted by molar-refractivity contribution is -0.127. The van der Waals surface area contributed by atoms with E-state index < -0.39 is 12.0 Å². The van der Waals surface area contributed by atoms with Crippen molar-refractivity contribution in [2.24, 2.45) is 10.2 Å². The number of hydrogen-bond acceptors (Lipinski definition) is 5. The highest BCUT2D eigenvalue weighted by atomic mass is 79.9. The highest BCUT2D eigenvalue weighted by Gasteiger charge is 2.29. The van der Waals surface area contributed by atoms with Gasteiger partial charge in [0.05, 0.1) is 5.52 Å². The SMILES string of the molecule is CC(C)(C)c1ccc2c(c1)O[C@H](C(=O)N=Nc1c(O)[nH]c3ccc(Br)cc13)CO2. The first kappa shape index (κ1) is 19.4. The van der Waals surface area contributed by atoms with Gasteiger partial charge in [-0.1, -0.05) is 42.8 Å². The van der Waals surface area contributed by atoms with Gasteiger partial charge in [-0.3, -0.25) is 4.79 Å². The Morgan fingerprint density at radius 3 is 2.76 bits per heavy atom. The van der Waals surface area contributed by atoms with Gasteiger partial charge < -0.3 is 19.6 Å². The molecule has 2 aromatic carbocycles. The van der Waals surface area contributed by atoms with Crippen LogP contribution in [0.25, 0.3) is 10.9 Å².